The molecule has 1 fully saturated rings. The van der Waals surface area contributed by atoms with E-state index in [0.29, 0.717) is 36.8 Å². The monoisotopic (exact) mass is 443 g/mol. The Bertz CT molecular complexity index is 1110. The highest BCUT2D eigenvalue weighted by Gasteiger charge is 2.22. The van der Waals surface area contributed by atoms with E-state index in [-0.39, 0.29) is 16.8 Å². The molecule has 7 nitrogen and oxygen atoms in total. The van der Waals surface area contributed by atoms with E-state index in [9.17, 15) is 13.2 Å². The van der Waals surface area contributed by atoms with Crippen molar-refractivity contribution in [1.82, 2.24) is 9.71 Å². The zero-order chi connectivity index (χ0) is 21.0. The van der Waals surface area contributed by atoms with Gasteiger partial charge in [-0.3, -0.25) is 10.1 Å². The molecule has 3 aromatic rings. The fourth-order valence-corrected chi connectivity index (χ4v) is 5.15. The van der Waals surface area contributed by atoms with Crippen LogP contribution >= 0.6 is 11.3 Å². The predicted molar refractivity (Wildman–Crippen MR) is 116 cm³/mol. The van der Waals surface area contributed by atoms with Gasteiger partial charge >= 0.3 is 0 Å². The molecule has 0 bridgehead atoms. The molecule has 30 heavy (non-hydrogen) atoms. The van der Waals surface area contributed by atoms with Crippen LogP contribution in [-0.2, 0) is 14.8 Å². The Labute approximate surface area is 179 Å². The van der Waals surface area contributed by atoms with Crippen LogP contribution < -0.4 is 10.0 Å². The van der Waals surface area contributed by atoms with Gasteiger partial charge in [0.25, 0.3) is 5.91 Å². The molecule has 0 radical (unpaired) electrons. The number of rotatable bonds is 6. The minimum Gasteiger partial charge on any atom is -0.381 e. The first-order chi connectivity index (χ1) is 14.5. The van der Waals surface area contributed by atoms with E-state index >= 15 is 0 Å². The van der Waals surface area contributed by atoms with Gasteiger partial charge in [-0.05, 0) is 37.1 Å². The molecule has 1 amide bonds. The molecule has 0 spiro atoms. The second kappa shape index (κ2) is 9.05. The summed E-state index contributed by atoms with van der Waals surface area (Å²) in [5, 5.41) is 5.12. The highest BCUT2D eigenvalue weighted by atomic mass is 32.2. The molecule has 2 N–H and O–H groups in total. The zero-order valence-electron chi connectivity index (χ0n) is 16.1. The zero-order valence-corrected chi connectivity index (χ0v) is 17.7. The third-order valence-corrected chi connectivity index (χ3v) is 7.06. The number of thiazole rings is 1. The van der Waals surface area contributed by atoms with E-state index in [1.54, 1.807) is 0 Å². The van der Waals surface area contributed by atoms with Gasteiger partial charge in [-0.1, -0.05) is 30.3 Å². The standard InChI is InChI=1S/C21H21N3O4S2/c25-20(23-21-22-19(14-29-21)15-4-2-1-3-5-15)16-6-8-18(9-7-16)30(26,27)24-17-10-12-28-13-11-17/h1-9,14,17,24H,10-13H2,(H,22,23,25). The Morgan fingerprint density at radius 2 is 1.73 bits per heavy atom. The van der Waals surface area contributed by atoms with E-state index in [1.165, 1.54) is 35.6 Å². The number of sulfonamides is 1. The maximum atomic E-state index is 12.5. The number of amides is 1. The molecule has 2 aromatic carbocycles. The summed E-state index contributed by atoms with van der Waals surface area (Å²) in [7, 11) is -3.64. The summed E-state index contributed by atoms with van der Waals surface area (Å²) in [5.74, 6) is -0.342. The fraction of sp³-hybridized carbons (Fsp3) is 0.238. The van der Waals surface area contributed by atoms with Crippen LogP contribution in [0.5, 0.6) is 0 Å². The van der Waals surface area contributed by atoms with Crippen molar-refractivity contribution in [3.63, 3.8) is 0 Å². The number of carbonyl (C=O) groups excluding carboxylic acids is 1. The molecule has 2 heterocycles. The van der Waals surface area contributed by atoms with Crippen molar-refractivity contribution in [2.75, 3.05) is 18.5 Å². The molecule has 1 aromatic heterocycles. The normalized spacial score (nSPS) is 15.1. The Morgan fingerprint density at radius 1 is 1.03 bits per heavy atom. The van der Waals surface area contributed by atoms with Crippen molar-refractivity contribution in [3.8, 4) is 11.3 Å². The SMILES string of the molecule is O=C(Nc1nc(-c2ccccc2)cs1)c1ccc(S(=O)(=O)NC2CCOCC2)cc1. The number of nitrogens with zero attached hydrogens (tertiary/aromatic N) is 1. The number of nitrogens with one attached hydrogen (secondary N) is 2. The topological polar surface area (TPSA) is 97.4 Å². The quantitative estimate of drug-likeness (QED) is 0.608. The molecule has 0 unspecified atom stereocenters. The number of anilines is 1. The molecule has 0 aliphatic carbocycles. The number of carbonyl (C=O) groups is 1. The van der Waals surface area contributed by atoms with Crippen molar-refractivity contribution in [1.29, 1.82) is 0 Å². The van der Waals surface area contributed by atoms with E-state index in [0.717, 1.165) is 11.3 Å². The highest BCUT2D eigenvalue weighted by Crippen LogP contribution is 2.25. The molecule has 0 atom stereocenters. The first-order valence-electron chi connectivity index (χ1n) is 9.54. The van der Waals surface area contributed by atoms with Gasteiger partial charge in [0.1, 0.15) is 0 Å². The number of hydrogen-bond donors (Lipinski definition) is 2. The maximum Gasteiger partial charge on any atom is 0.257 e. The van der Waals surface area contributed by atoms with Crippen LogP contribution in [0.25, 0.3) is 11.3 Å². The van der Waals surface area contributed by atoms with Crippen molar-refractivity contribution >= 4 is 32.4 Å². The number of hydrogen-bond acceptors (Lipinski definition) is 6. The first-order valence-corrected chi connectivity index (χ1v) is 11.9. The summed E-state index contributed by atoms with van der Waals surface area (Å²) in [6.45, 7) is 1.10. The molecular formula is C21H21N3O4S2. The van der Waals surface area contributed by atoms with Crippen molar-refractivity contribution in [3.05, 3.63) is 65.5 Å². The number of benzene rings is 2. The van der Waals surface area contributed by atoms with Gasteiger partial charge in [-0.15, -0.1) is 11.3 Å². The van der Waals surface area contributed by atoms with E-state index in [2.05, 4.69) is 15.0 Å². The molecule has 1 aliphatic heterocycles. The first kappa shape index (κ1) is 20.7. The number of ether oxygens (including phenoxy) is 1. The maximum absolute atomic E-state index is 12.5. The molecule has 1 saturated heterocycles. The molecular weight excluding hydrogens is 422 g/mol. The average molecular weight is 444 g/mol. The largest absolute Gasteiger partial charge is 0.381 e. The summed E-state index contributed by atoms with van der Waals surface area (Å²) in [6.07, 6.45) is 1.30. The van der Waals surface area contributed by atoms with E-state index in [4.69, 9.17) is 4.74 Å². The minimum atomic E-state index is -3.64. The van der Waals surface area contributed by atoms with Crippen LogP contribution in [0, 0.1) is 0 Å². The Kier molecular flexibility index (Phi) is 6.24. The Balaban J connectivity index is 1.41. The lowest BCUT2D eigenvalue weighted by Gasteiger charge is -2.22. The van der Waals surface area contributed by atoms with Gasteiger partial charge in [0, 0.05) is 35.8 Å². The van der Waals surface area contributed by atoms with Crippen LogP contribution in [0.4, 0.5) is 5.13 Å². The highest BCUT2D eigenvalue weighted by molar-refractivity contribution is 7.89. The van der Waals surface area contributed by atoms with Gasteiger partial charge in [0.15, 0.2) is 5.13 Å². The van der Waals surface area contributed by atoms with Crippen LogP contribution in [0.3, 0.4) is 0 Å². The molecule has 1 aliphatic rings. The summed E-state index contributed by atoms with van der Waals surface area (Å²) in [6, 6.07) is 15.4. The summed E-state index contributed by atoms with van der Waals surface area (Å²) < 4.78 is 33.1. The van der Waals surface area contributed by atoms with Gasteiger partial charge in [0.05, 0.1) is 10.6 Å². The van der Waals surface area contributed by atoms with Crippen LogP contribution in [-0.4, -0.2) is 38.6 Å². The van der Waals surface area contributed by atoms with Gasteiger partial charge in [-0.25, -0.2) is 18.1 Å². The molecule has 156 valence electrons. The predicted octanol–water partition coefficient (Wildman–Crippen LogP) is 3.52. The van der Waals surface area contributed by atoms with Crippen molar-refractivity contribution in [2.45, 2.75) is 23.8 Å². The second-order valence-corrected chi connectivity index (χ2v) is 9.46. The molecule has 0 saturated carbocycles. The van der Waals surface area contributed by atoms with Gasteiger partial charge in [-0.2, -0.15) is 0 Å². The smallest absolute Gasteiger partial charge is 0.257 e. The Morgan fingerprint density at radius 3 is 2.43 bits per heavy atom. The Hall–Kier alpha value is -2.59. The molecule has 4 rings (SSSR count). The summed E-state index contributed by atoms with van der Waals surface area (Å²) in [5.41, 5.74) is 2.12. The van der Waals surface area contributed by atoms with Crippen LogP contribution in [0.1, 0.15) is 23.2 Å². The summed E-state index contributed by atoms with van der Waals surface area (Å²) in [4.78, 5) is 17.1. The van der Waals surface area contributed by atoms with Crippen molar-refractivity contribution < 1.29 is 17.9 Å². The lowest BCUT2D eigenvalue weighted by molar-refractivity contribution is 0.0832. The summed E-state index contributed by atoms with van der Waals surface area (Å²) >= 11 is 1.34. The second-order valence-electron chi connectivity index (χ2n) is 6.89. The van der Waals surface area contributed by atoms with Gasteiger partial charge in [0.2, 0.25) is 10.0 Å². The minimum absolute atomic E-state index is 0.129. The lowest BCUT2D eigenvalue weighted by Crippen LogP contribution is -2.38. The van der Waals surface area contributed by atoms with E-state index in [1.807, 2.05) is 35.7 Å². The third kappa shape index (κ3) is 4.93. The lowest BCUT2D eigenvalue weighted by atomic mass is 10.1. The van der Waals surface area contributed by atoms with Crippen molar-refractivity contribution in [2.24, 2.45) is 0 Å². The van der Waals surface area contributed by atoms with Crippen LogP contribution in [0.15, 0.2) is 64.9 Å². The van der Waals surface area contributed by atoms with Gasteiger partial charge < -0.3 is 4.74 Å². The third-order valence-electron chi connectivity index (χ3n) is 4.76. The average Bonchev–Trinajstić information content (AvgIpc) is 3.23. The van der Waals surface area contributed by atoms with Crippen LogP contribution in [0.2, 0.25) is 0 Å². The van der Waals surface area contributed by atoms with E-state index < -0.39 is 10.0 Å². The molecule has 9 heteroatoms. The fourth-order valence-electron chi connectivity index (χ4n) is 3.13. The number of aromatic nitrogens is 1.